The SMILES string of the molecule is O=S(=O)(CCCN1CCN(c2ccccc2)CC1)N1CCC[C@@H]2CN3CCc4cc5c(cc4[C@@H]3C[C@@H]21)OCO5. The molecule has 0 amide bonds. The normalized spacial score (nSPS) is 27.6. The first-order valence-electron chi connectivity index (χ1n) is 14.7. The maximum absolute atomic E-state index is 13.7. The van der Waals surface area contributed by atoms with Gasteiger partial charge in [-0.25, -0.2) is 8.42 Å². The summed E-state index contributed by atoms with van der Waals surface area (Å²) in [6.07, 6.45) is 4.68. The first-order chi connectivity index (χ1) is 19.0. The number of benzene rings is 2. The zero-order valence-electron chi connectivity index (χ0n) is 22.7. The quantitative estimate of drug-likeness (QED) is 0.545. The number of anilines is 1. The number of sulfonamides is 1. The molecule has 9 heteroatoms. The molecule has 7 rings (SSSR count). The molecule has 8 nitrogen and oxygen atoms in total. The van der Waals surface area contributed by atoms with Crippen LogP contribution in [0.2, 0.25) is 0 Å². The van der Waals surface area contributed by atoms with Crippen LogP contribution in [0.15, 0.2) is 42.5 Å². The van der Waals surface area contributed by atoms with E-state index in [1.165, 1.54) is 16.8 Å². The summed E-state index contributed by atoms with van der Waals surface area (Å²) in [5.74, 6) is 2.35. The lowest BCUT2D eigenvalue weighted by atomic mass is 9.77. The van der Waals surface area contributed by atoms with Crippen molar-refractivity contribution in [1.82, 2.24) is 14.1 Å². The Morgan fingerprint density at radius 1 is 0.923 bits per heavy atom. The van der Waals surface area contributed by atoms with Crippen LogP contribution in [0.25, 0.3) is 0 Å². The van der Waals surface area contributed by atoms with E-state index in [1.807, 2.05) is 4.31 Å². The molecule has 5 heterocycles. The maximum atomic E-state index is 13.7. The van der Waals surface area contributed by atoms with Crippen LogP contribution in [-0.2, 0) is 16.4 Å². The fraction of sp³-hybridized carbons (Fsp3) is 0.600. The van der Waals surface area contributed by atoms with Gasteiger partial charge in [-0.15, -0.1) is 0 Å². The largest absolute Gasteiger partial charge is 0.454 e. The smallest absolute Gasteiger partial charge is 0.231 e. The summed E-state index contributed by atoms with van der Waals surface area (Å²) in [4.78, 5) is 7.44. The Kier molecular flexibility index (Phi) is 6.95. The summed E-state index contributed by atoms with van der Waals surface area (Å²) in [6, 6.07) is 15.2. The van der Waals surface area contributed by atoms with Gasteiger partial charge in [-0.2, -0.15) is 4.31 Å². The summed E-state index contributed by atoms with van der Waals surface area (Å²) >= 11 is 0. The van der Waals surface area contributed by atoms with Crippen LogP contribution < -0.4 is 14.4 Å². The molecular weight excluding hydrogens is 512 g/mol. The number of hydrogen-bond donors (Lipinski definition) is 0. The molecule has 0 aromatic heterocycles. The van der Waals surface area contributed by atoms with Crippen LogP contribution in [0.1, 0.15) is 42.9 Å². The third kappa shape index (κ3) is 5.03. The van der Waals surface area contributed by atoms with Crippen LogP contribution in [0.5, 0.6) is 11.5 Å². The van der Waals surface area contributed by atoms with Gasteiger partial charge in [-0.1, -0.05) is 18.2 Å². The fourth-order valence-electron chi connectivity index (χ4n) is 7.59. The van der Waals surface area contributed by atoms with Gasteiger partial charge >= 0.3 is 0 Å². The monoisotopic (exact) mass is 552 g/mol. The van der Waals surface area contributed by atoms with Crippen molar-refractivity contribution in [2.45, 2.75) is 44.2 Å². The molecule has 5 aliphatic heterocycles. The number of rotatable bonds is 6. The molecule has 3 atom stereocenters. The molecule has 0 bridgehead atoms. The molecule has 0 N–H and O–H groups in total. The minimum atomic E-state index is -3.30. The number of fused-ring (bicyclic) bond motifs is 5. The van der Waals surface area contributed by atoms with Gasteiger partial charge < -0.3 is 14.4 Å². The van der Waals surface area contributed by atoms with Crippen molar-refractivity contribution >= 4 is 15.7 Å². The Balaban J connectivity index is 0.984. The second-order valence-corrected chi connectivity index (χ2v) is 13.9. The van der Waals surface area contributed by atoms with Crippen molar-refractivity contribution in [2.75, 3.05) is 69.8 Å². The predicted molar refractivity (Wildman–Crippen MR) is 152 cm³/mol. The molecule has 5 aliphatic rings. The van der Waals surface area contributed by atoms with Crippen LogP contribution in [0.4, 0.5) is 5.69 Å². The number of ether oxygens (including phenoxy) is 2. The van der Waals surface area contributed by atoms with E-state index >= 15 is 0 Å². The number of piperidine rings is 2. The van der Waals surface area contributed by atoms with E-state index in [1.54, 1.807) is 0 Å². The van der Waals surface area contributed by atoms with Crippen molar-refractivity contribution in [3.63, 3.8) is 0 Å². The van der Waals surface area contributed by atoms with Crippen molar-refractivity contribution in [1.29, 1.82) is 0 Å². The van der Waals surface area contributed by atoms with Gasteiger partial charge in [-0.3, -0.25) is 9.80 Å². The molecule has 0 unspecified atom stereocenters. The molecule has 3 saturated heterocycles. The predicted octanol–water partition coefficient (Wildman–Crippen LogP) is 3.34. The first-order valence-corrected chi connectivity index (χ1v) is 16.3. The minimum absolute atomic E-state index is 0.0933. The highest BCUT2D eigenvalue weighted by atomic mass is 32.2. The van der Waals surface area contributed by atoms with Crippen LogP contribution in [0, 0.1) is 5.92 Å². The molecule has 0 aliphatic carbocycles. The Morgan fingerprint density at radius 2 is 1.72 bits per heavy atom. The standard InChI is InChI=1S/C30H40N4O4S/c35-39(36,17-5-10-31-13-15-32(16-14-31)25-7-2-1-3-8-25)34-11-4-6-24-21-33-12-9-23-18-29-30(38-22-37-29)19-26(23)28(33)20-27(24)34/h1-3,7-8,18-19,24,27-28H,4-6,9-17,20-22H2/t24-,27+,28+/m1/s1. The lowest BCUT2D eigenvalue weighted by molar-refractivity contribution is 0.0219. The van der Waals surface area contributed by atoms with Gasteiger partial charge in [0.2, 0.25) is 16.8 Å². The molecule has 0 saturated carbocycles. The van der Waals surface area contributed by atoms with E-state index in [2.05, 4.69) is 57.2 Å². The van der Waals surface area contributed by atoms with Gasteiger partial charge in [0.25, 0.3) is 0 Å². The van der Waals surface area contributed by atoms with E-state index in [4.69, 9.17) is 9.47 Å². The van der Waals surface area contributed by atoms with Gasteiger partial charge in [0.1, 0.15) is 0 Å². The molecule has 0 spiro atoms. The average molecular weight is 553 g/mol. The summed E-state index contributed by atoms with van der Waals surface area (Å²) in [7, 11) is -3.30. The second-order valence-electron chi connectivity index (χ2n) is 11.8. The Morgan fingerprint density at radius 3 is 2.54 bits per heavy atom. The summed E-state index contributed by atoms with van der Waals surface area (Å²) in [6.45, 7) is 7.77. The van der Waals surface area contributed by atoms with Crippen molar-refractivity contribution in [2.24, 2.45) is 5.92 Å². The molecule has 210 valence electrons. The summed E-state index contributed by atoms with van der Waals surface area (Å²) in [5, 5.41) is 0. The maximum Gasteiger partial charge on any atom is 0.231 e. The number of hydrogen-bond acceptors (Lipinski definition) is 7. The van der Waals surface area contributed by atoms with Crippen LogP contribution in [-0.4, -0.2) is 93.5 Å². The van der Waals surface area contributed by atoms with Crippen LogP contribution >= 0.6 is 0 Å². The Bertz CT molecular complexity index is 1280. The van der Waals surface area contributed by atoms with Crippen molar-refractivity contribution in [3.05, 3.63) is 53.6 Å². The van der Waals surface area contributed by atoms with Gasteiger partial charge in [0, 0.05) is 63.6 Å². The van der Waals surface area contributed by atoms with Crippen molar-refractivity contribution in [3.8, 4) is 11.5 Å². The second kappa shape index (κ2) is 10.6. The van der Waals surface area contributed by atoms with E-state index in [9.17, 15) is 8.42 Å². The van der Waals surface area contributed by atoms with Gasteiger partial charge in [0.15, 0.2) is 11.5 Å². The first kappa shape index (κ1) is 25.6. The average Bonchev–Trinajstić information content (AvgIpc) is 3.43. The Hall–Kier alpha value is -2.33. The van der Waals surface area contributed by atoms with Gasteiger partial charge in [0.05, 0.1) is 5.75 Å². The lowest BCUT2D eigenvalue weighted by Gasteiger charge is -2.51. The fourth-order valence-corrected chi connectivity index (χ4v) is 9.40. The third-order valence-electron chi connectivity index (χ3n) is 9.63. The van der Waals surface area contributed by atoms with E-state index < -0.39 is 10.0 Å². The topological polar surface area (TPSA) is 65.6 Å². The molecule has 3 fully saturated rings. The summed E-state index contributed by atoms with van der Waals surface area (Å²) in [5.41, 5.74) is 3.91. The number of para-hydroxylation sites is 1. The zero-order chi connectivity index (χ0) is 26.4. The van der Waals surface area contributed by atoms with E-state index in [0.29, 0.717) is 18.9 Å². The number of piperazine rings is 1. The van der Waals surface area contributed by atoms with Gasteiger partial charge in [-0.05, 0) is 80.0 Å². The highest BCUT2D eigenvalue weighted by Gasteiger charge is 2.46. The molecule has 0 radical (unpaired) electrons. The molecule has 39 heavy (non-hydrogen) atoms. The molecule has 2 aromatic rings. The van der Waals surface area contributed by atoms with E-state index in [-0.39, 0.29) is 24.6 Å². The number of nitrogens with zero attached hydrogens (tertiary/aromatic N) is 4. The Labute approximate surface area is 232 Å². The highest BCUT2D eigenvalue weighted by molar-refractivity contribution is 7.89. The third-order valence-corrected chi connectivity index (χ3v) is 11.6. The molecular formula is C30H40N4O4S. The molecule has 2 aromatic carbocycles. The highest BCUT2D eigenvalue weighted by Crippen LogP contribution is 2.46. The van der Waals surface area contributed by atoms with Crippen LogP contribution in [0.3, 0.4) is 0 Å². The zero-order valence-corrected chi connectivity index (χ0v) is 23.5. The summed E-state index contributed by atoms with van der Waals surface area (Å²) < 4.78 is 40.7. The van der Waals surface area contributed by atoms with Crippen molar-refractivity contribution < 1.29 is 17.9 Å². The minimum Gasteiger partial charge on any atom is -0.454 e. The van der Waals surface area contributed by atoms with E-state index in [0.717, 1.165) is 83.0 Å². The lowest BCUT2D eigenvalue weighted by Crippen LogP contribution is -2.57.